The summed E-state index contributed by atoms with van der Waals surface area (Å²) < 4.78 is 38.6. The molecule has 0 saturated carbocycles. The largest absolute Gasteiger partial charge is 0.508 e. The van der Waals surface area contributed by atoms with Crippen LogP contribution in [0.1, 0.15) is 11.1 Å². The van der Waals surface area contributed by atoms with Crippen molar-refractivity contribution in [1.29, 1.82) is 0 Å². The molecule has 0 radical (unpaired) electrons. The fraction of sp³-hybridized carbons (Fsp3) is 0.143. The van der Waals surface area contributed by atoms with Crippen molar-refractivity contribution in [2.45, 2.75) is 13.1 Å². The lowest BCUT2D eigenvalue weighted by atomic mass is 9.98. The Kier molecular flexibility index (Phi) is 3.03. The van der Waals surface area contributed by atoms with Gasteiger partial charge < -0.3 is 5.11 Å². The standard InChI is InChI=1S/C14H11F3O/c1-9-6-10(8-11(18)7-9)12-4-2-3-5-13(12)14(15,16)17/h2-8,18H,1H3. The monoisotopic (exact) mass is 252 g/mol. The van der Waals surface area contributed by atoms with E-state index in [0.29, 0.717) is 11.1 Å². The molecule has 0 aliphatic heterocycles. The van der Waals surface area contributed by atoms with E-state index < -0.39 is 11.7 Å². The van der Waals surface area contributed by atoms with Gasteiger partial charge in [0.15, 0.2) is 0 Å². The van der Waals surface area contributed by atoms with Crippen LogP contribution in [0.3, 0.4) is 0 Å². The molecule has 1 N–H and O–H groups in total. The molecule has 0 bridgehead atoms. The Balaban J connectivity index is 2.64. The maximum absolute atomic E-state index is 12.9. The van der Waals surface area contributed by atoms with E-state index >= 15 is 0 Å². The fourth-order valence-electron chi connectivity index (χ4n) is 1.90. The molecule has 0 aliphatic rings. The van der Waals surface area contributed by atoms with Gasteiger partial charge in [-0.05, 0) is 41.8 Å². The van der Waals surface area contributed by atoms with E-state index in [4.69, 9.17) is 0 Å². The number of benzene rings is 2. The first kappa shape index (κ1) is 12.5. The predicted octanol–water partition coefficient (Wildman–Crippen LogP) is 4.39. The van der Waals surface area contributed by atoms with Crippen LogP contribution in [0.15, 0.2) is 42.5 Å². The molecule has 0 amide bonds. The molecule has 94 valence electrons. The Hall–Kier alpha value is -1.97. The maximum atomic E-state index is 12.9. The van der Waals surface area contributed by atoms with Gasteiger partial charge in [-0.15, -0.1) is 0 Å². The summed E-state index contributed by atoms with van der Waals surface area (Å²) in [6, 6.07) is 9.78. The molecule has 0 saturated heterocycles. The van der Waals surface area contributed by atoms with Crippen LogP contribution in [0, 0.1) is 6.92 Å². The second-order valence-corrected chi connectivity index (χ2v) is 4.10. The number of alkyl halides is 3. The van der Waals surface area contributed by atoms with Crippen molar-refractivity contribution in [3.05, 3.63) is 53.6 Å². The highest BCUT2D eigenvalue weighted by atomic mass is 19.4. The third kappa shape index (κ3) is 2.47. The van der Waals surface area contributed by atoms with Gasteiger partial charge in [0.25, 0.3) is 0 Å². The normalized spacial score (nSPS) is 11.6. The van der Waals surface area contributed by atoms with Crippen LogP contribution < -0.4 is 0 Å². The van der Waals surface area contributed by atoms with E-state index in [1.54, 1.807) is 19.1 Å². The molecule has 0 fully saturated rings. The molecule has 0 aromatic heterocycles. The Bertz CT molecular complexity index is 553. The van der Waals surface area contributed by atoms with Crippen molar-refractivity contribution in [3.63, 3.8) is 0 Å². The molecule has 1 nitrogen and oxygen atoms in total. The van der Waals surface area contributed by atoms with Gasteiger partial charge in [-0.25, -0.2) is 0 Å². The number of phenols is 1. The molecule has 0 heterocycles. The van der Waals surface area contributed by atoms with Gasteiger partial charge in [0, 0.05) is 0 Å². The van der Waals surface area contributed by atoms with Gasteiger partial charge in [-0.3, -0.25) is 0 Å². The Morgan fingerprint density at radius 3 is 2.28 bits per heavy atom. The summed E-state index contributed by atoms with van der Waals surface area (Å²) in [5.41, 5.74) is 0.446. The van der Waals surface area contributed by atoms with Crippen molar-refractivity contribution >= 4 is 0 Å². The number of hydrogen-bond donors (Lipinski definition) is 1. The summed E-state index contributed by atoms with van der Waals surface area (Å²) in [5, 5.41) is 9.47. The zero-order chi connectivity index (χ0) is 13.3. The number of rotatable bonds is 1. The van der Waals surface area contributed by atoms with E-state index in [-0.39, 0.29) is 11.3 Å². The molecule has 2 aromatic carbocycles. The molecule has 2 rings (SSSR count). The average molecular weight is 252 g/mol. The van der Waals surface area contributed by atoms with Gasteiger partial charge in [0.1, 0.15) is 5.75 Å². The van der Waals surface area contributed by atoms with Gasteiger partial charge >= 0.3 is 6.18 Å². The summed E-state index contributed by atoms with van der Waals surface area (Å²) >= 11 is 0. The van der Waals surface area contributed by atoms with Crippen LogP contribution in [0.25, 0.3) is 11.1 Å². The molecule has 2 aromatic rings. The van der Waals surface area contributed by atoms with Crippen molar-refractivity contribution in [1.82, 2.24) is 0 Å². The third-order valence-corrected chi connectivity index (χ3v) is 2.61. The fourth-order valence-corrected chi connectivity index (χ4v) is 1.90. The molecule has 0 unspecified atom stereocenters. The van der Waals surface area contributed by atoms with Gasteiger partial charge in [-0.2, -0.15) is 13.2 Å². The Morgan fingerprint density at radius 2 is 1.67 bits per heavy atom. The molecular formula is C14H11F3O. The van der Waals surface area contributed by atoms with Gasteiger partial charge in [-0.1, -0.05) is 24.3 Å². The quantitative estimate of drug-likeness (QED) is 0.798. The van der Waals surface area contributed by atoms with E-state index in [1.807, 2.05) is 0 Å². The lowest BCUT2D eigenvalue weighted by molar-refractivity contribution is -0.137. The summed E-state index contributed by atoms with van der Waals surface area (Å²) in [4.78, 5) is 0. The van der Waals surface area contributed by atoms with Gasteiger partial charge in [0.05, 0.1) is 5.56 Å². The second kappa shape index (κ2) is 4.37. The average Bonchev–Trinajstić information content (AvgIpc) is 2.26. The highest BCUT2D eigenvalue weighted by Gasteiger charge is 2.33. The van der Waals surface area contributed by atoms with Crippen molar-refractivity contribution < 1.29 is 18.3 Å². The number of aryl methyl sites for hydroxylation is 1. The summed E-state index contributed by atoms with van der Waals surface area (Å²) in [7, 11) is 0. The minimum atomic E-state index is -4.41. The lowest BCUT2D eigenvalue weighted by Crippen LogP contribution is -2.06. The van der Waals surface area contributed by atoms with E-state index in [2.05, 4.69) is 0 Å². The van der Waals surface area contributed by atoms with Crippen LogP contribution in [0.5, 0.6) is 5.75 Å². The number of phenolic OH excluding ortho intramolecular Hbond substituents is 1. The minimum absolute atomic E-state index is 0.0398. The van der Waals surface area contributed by atoms with E-state index in [1.165, 1.54) is 24.3 Å². The Labute approximate surface area is 103 Å². The molecule has 0 aliphatic carbocycles. The third-order valence-electron chi connectivity index (χ3n) is 2.61. The van der Waals surface area contributed by atoms with Crippen molar-refractivity contribution in [2.24, 2.45) is 0 Å². The Morgan fingerprint density at radius 1 is 1.00 bits per heavy atom. The van der Waals surface area contributed by atoms with Crippen LogP contribution in [0.4, 0.5) is 13.2 Å². The number of aromatic hydroxyl groups is 1. The maximum Gasteiger partial charge on any atom is 0.417 e. The first-order valence-corrected chi connectivity index (χ1v) is 5.35. The molecule has 0 atom stereocenters. The van der Waals surface area contributed by atoms with Crippen LogP contribution >= 0.6 is 0 Å². The van der Waals surface area contributed by atoms with Gasteiger partial charge in [0.2, 0.25) is 0 Å². The van der Waals surface area contributed by atoms with Crippen LogP contribution in [-0.4, -0.2) is 5.11 Å². The highest BCUT2D eigenvalue weighted by Crippen LogP contribution is 2.37. The summed E-state index contributed by atoms with van der Waals surface area (Å²) in [5.74, 6) is -0.0398. The van der Waals surface area contributed by atoms with E-state index in [9.17, 15) is 18.3 Å². The highest BCUT2D eigenvalue weighted by molar-refractivity contribution is 5.70. The zero-order valence-electron chi connectivity index (χ0n) is 9.62. The minimum Gasteiger partial charge on any atom is -0.508 e. The second-order valence-electron chi connectivity index (χ2n) is 4.10. The van der Waals surface area contributed by atoms with Crippen molar-refractivity contribution in [2.75, 3.05) is 0 Å². The first-order chi connectivity index (χ1) is 8.38. The predicted molar refractivity (Wildman–Crippen MR) is 63.3 cm³/mol. The van der Waals surface area contributed by atoms with Crippen LogP contribution in [0.2, 0.25) is 0 Å². The lowest BCUT2D eigenvalue weighted by Gasteiger charge is -2.13. The first-order valence-electron chi connectivity index (χ1n) is 5.35. The molecular weight excluding hydrogens is 241 g/mol. The zero-order valence-corrected chi connectivity index (χ0v) is 9.62. The topological polar surface area (TPSA) is 20.2 Å². The summed E-state index contributed by atoms with van der Waals surface area (Å²) in [6.45, 7) is 1.72. The van der Waals surface area contributed by atoms with Crippen molar-refractivity contribution in [3.8, 4) is 16.9 Å². The molecule has 0 spiro atoms. The van der Waals surface area contributed by atoms with E-state index in [0.717, 1.165) is 6.07 Å². The number of halogens is 3. The smallest absolute Gasteiger partial charge is 0.417 e. The van der Waals surface area contributed by atoms with Crippen LogP contribution in [-0.2, 0) is 6.18 Å². The molecule has 4 heteroatoms. The number of hydrogen-bond acceptors (Lipinski definition) is 1. The SMILES string of the molecule is Cc1cc(O)cc(-c2ccccc2C(F)(F)F)c1. The molecule has 18 heavy (non-hydrogen) atoms. The summed E-state index contributed by atoms with van der Waals surface area (Å²) in [6.07, 6.45) is -4.41.